The predicted octanol–water partition coefficient (Wildman–Crippen LogP) is 3.03. The van der Waals surface area contributed by atoms with E-state index in [1.54, 1.807) is 24.3 Å². The molecule has 2 rings (SSSR count). The standard InChI is InChI=1S/C16H19NO4S/c1-4-10-16(11-5-2)12-17(15(18)21-16)22(19,20)14-8-6-13(3)7-9-14/h4-9H,1-2,10-12H2,3H3. The Kier molecular flexibility index (Phi) is 4.42. The number of amides is 1. The van der Waals surface area contributed by atoms with E-state index >= 15 is 0 Å². The number of carbonyl (C=O) groups excluding carboxylic acids is 1. The van der Waals surface area contributed by atoms with Crippen molar-refractivity contribution in [1.82, 2.24) is 4.31 Å². The third-order valence-corrected chi connectivity index (χ3v) is 5.31. The van der Waals surface area contributed by atoms with Crippen LogP contribution in [0.3, 0.4) is 0 Å². The van der Waals surface area contributed by atoms with E-state index in [2.05, 4.69) is 13.2 Å². The Balaban J connectivity index is 2.36. The van der Waals surface area contributed by atoms with Crippen molar-refractivity contribution in [3.05, 3.63) is 55.1 Å². The lowest BCUT2D eigenvalue weighted by Gasteiger charge is -2.23. The summed E-state index contributed by atoms with van der Waals surface area (Å²) in [7, 11) is -3.92. The van der Waals surface area contributed by atoms with Crippen molar-refractivity contribution in [3.8, 4) is 0 Å². The van der Waals surface area contributed by atoms with E-state index in [1.165, 1.54) is 12.1 Å². The first-order chi connectivity index (χ1) is 10.3. The number of ether oxygens (including phenoxy) is 1. The van der Waals surface area contributed by atoms with Gasteiger partial charge in [0.2, 0.25) is 0 Å². The summed E-state index contributed by atoms with van der Waals surface area (Å²) in [5.41, 5.74) is 0.0221. The number of carbonyl (C=O) groups is 1. The molecule has 1 aromatic rings. The number of sulfonamides is 1. The largest absolute Gasteiger partial charge is 0.439 e. The van der Waals surface area contributed by atoms with Gasteiger partial charge in [-0.15, -0.1) is 13.2 Å². The summed E-state index contributed by atoms with van der Waals surface area (Å²) in [5.74, 6) is 0. The van der Waals surface area contributed by atoms with Crippen molar-refractivity contribution in [2.75, 3.05) is 6.54 Å². The van der Waals surface area contributed by atoms with E-state index in [-0.39, 0.29) is 11.4 Å². The van der Waals surface area contributed by atoms with Crippen molar-refractivity contribution in [1.29, 1.82) is 0 Å². The number of nitrogens with zero attached hydrogens (tertiary/aromatic N) is 1. The zero-order valence-corrected chi connectivity index (χ0v) is 13.3. The molecule has 0 spiro atoms. The molecule has 1 aromatic carbocycles. The Morgan fingerprint density at radius 1 is 1.23 bits per heavy atom. The molecule has 1 aliphatic rings. The number of rotatable bonds is 6. The molecule has 1 fully saturated rings. The lowest BCUT2D eigenvalue weighted by Crippen LogP contribution is -2.36. The van der Waals surface area contributed by atoms with Crippen molar-refractivity contribution in [3.63, 3.8) is 0 Å². The molecular weight excluding hydrogens is 302 g/mol. The summed E-state index contributed by atoms with van der Waals surface area (Å²) in [5, 5.41) is 0. The molecule has 0 aliphatic carbocycles. The molecule has 0 radical (unpaired) electrons. The molecule has 5 nitrogen and oxygen atoms in total. The summed E-state index contributed by atoms with van der Waals surface area (Å²) >= 11 is 0. The van der Waals surface area contributed by atoms with Gasteiger partial charge in [-0.1, -0.05) is 29.8 Å². The highest BCUT2D eigenvalue weighted by atomic mass is 32.2. The molecule has 1 saturated heterocycles. The van der Waals surface area contributed by atoms with Gasteiger partial charge < -0.3 is 4.74 Å². The first-order valence-electron chi connectivity index (χ1n) is 6.89. The normalized spacial score (nSPS) is 17.1. The molecule has 0 atom stereocenters. The van der Waals surface area contributed by atoms with Crippen LogP contribution in [-0.2, 0) is 14.8 Å². The molecule has 1 amide bonds. The summed E-state index contributed by atoms with van der Waals surface area (Å²) in [6.45, 7) is 9.10. The number of benzene rings is 1. The van der Waals surface area contributed by atoms with Gasteiger partial charge in [-0.2, -0.15) is 4.31 Å². The van der Waals surface area contributed by atoms with E-state index in [1.807, 2.05) is 6.92 Å². The molecule has 1 aliphatic heterocycles. The minimum Gasteiger partial charge on any atom is -0.439 e. The maximum absolute atomic E-state index is 12.6. The summed E-state index contributed by atoms with van der Waals surface area (Å²) in [6, 6.07) is 6.35. The van der Waals surface area contributed by atoms with Gasteiger partial charge in [0.1, 0.15) is 5.60 Å². The Morgan fingerprint density at radius 3 is 2.27 bits per heavy atom. The van der Waals surface area contributed by atoms with Crippen LogP contribution in [0, 0.1) is 6.92 Å². The SMILES string of the molecule is C=CCC1(CC=C)CN(S(=O)(=O)c2ccc(C)cc2)C(=O)O1. The summed E-state index contributed by atoms with van der Waals surface area (Å²) in [6.07, 6.45) is 3.09. The van der Waals surface area contributed by atoms with Crippen LogP contribution in [0.4, 0.5) is 4.79 Å². The average Bonchev–Trinajstić information content (AvgIpc) is 2.78. The van der Waals surface area contributed by atoms with E-state index in [0.29, 0.717) is 12.8 Å². The van der Waals surface area contributed by atoms with Gasteiger partial charge in [-0.3, -0.25) is 0 Å². The van der Waals surface area contributed by atoms with Gasteiger partial charge in [0.25, 0.3) is 10.0 Å². The highest BCUT2D eigenvalue weighted by molar-refractivity contribution is 7.89. The highest BCUT2D eigenvalue weighted by Crippen LogP contribution is 2.33. The van der Waals surface area contributed by atoms with E-state index < -0.39 is 21.7 Å². The van der Waals surface area contributed by atoms with E-state index in [4.69, 9.17) is 4.74 Å². The first-order valence-corrected chi connectivity index (χ1v) is 8.33. The Bertz CT molecular complexity index is 681. The second-order valence-electron chi connectivity index (χ2n) is 5.36. The monoisotopic (exact) mass is 321 g/mol. The molecular formula is C16H19NO4S. The molecule has 22 heavy (non-hydrogen) atoms. The van der Waals surface area contributed by atoms with Gasteiger partial charge in [0, 0.05) is 12.8 Å². The van der Waals surface area contributed by atoms with Crippen LogP contribution < -0.4 is 0 Å². The highest BCUT2D eigenvalue weighted by Gasteiger charge is 2.48. The molecule has 0 N–H and O–H groups in total. The summed E-state index contributed by atoms with van der Waals surface area (Å²) in [4.78, 5) is 12.2. The molecule has 1 heterocycles. The number of hydrogen-bond donors (Lipinski definition) is 0. The van der Waals surface area contributed by atoms with Crippen LogP contribution in [-0.4, -0.2) is 31.0 Å². The maximum Gasteiger partial charge on any atom is 0.424 e. The molecule has 118 valence electrons. The Morgan fingerprint density at radius 2 is 1.77 bits per heavy atom. The smallest absolute Gasteiger partial charge is 0.424 e. The third kappa shape index (κ3) is 2.92. The van der Waals surface area contributed by atoms with Gasteiger partial charge in [0.05, 0.1) is 11.4 Å². The van der Waals surface area contributed by atoms with Crippen LogP contribution in [0.15, 0.2) is 54.5 Å². The van der Waals surface area contributed by atoms with Crippen molar-refractivity contribution >= 4 is 16.1 Å². The fraction of sp³-hybridized carbons (Fsp3) is 0.312. The van der Waals surface area contributed by atoms with E-state index in [0.717, 1.165) is 9.87 Å². The minimum absolute atomic E-state index is 0.0416. The van der Waals surface area contributed by atoms with E-state index in [9.17, 15) is 13.2 Å². The molecule has 0 bridgehead atoms. The van der Waals surface area contributed by atoms with Gasteiger partial charge >= 0.3 is 6.09 Å². The number of hydrogen-bond acceptors (Lipinski definition) is 4. The molecule has 6 heteroatoms. The topological polar surface area (TPSA) is 63.7 Å². The van der Waals surface area contributed by atoms with Gasteiger partial charge in [0.15, 0.2) is 0 Å². The van der Waals surface area contributed by atoms with Gasteiger partial charge in [-0.25, -0.2) is 13.2 Å². The predicted molar refractivity (Wildman–Crippen MR) is 83.9 cm³/mol. The fourth-order valence-electron chi connectivity index (χ4n) is 2.44. The minimum atomic E-state index is -3.92. The Hall–Kier alpha value is -2.08. The molecule has 0 aromatic heterocycles. The van der Waals surface area contributed by atoms with Crippen LogP contribution in [0.2, 0.25) is 0 Å². The maximum atomic E-state index is 12.6. The Labute approximate surface area is 130 Å². The quantitative estimate of drug-likeness (QED) is 0.756. The fourth-order valence-corrected chi connectivity index (χ4v) is 3.81. The van der Waals surface area contributed by atoms with Crippen molar-refractivity contribution < 1.29 is 17.9 Å². The average molecular weight is 321 g/mol. The third-order valence-electron chi connectivity index (χ3n) is 3.58. The lowest BCUT2D eigenvalue weighted by atomic mass is 9.96. The van der Waals surface area contributed by atoms with Crippen LogP contribution >= 0.6 is 0 Å². The van der Waals surface area contributed by atoms with Crippen LogP contribution in [0.1, 0.15) is 18.4 Å². The number of aryl methyl sites for hydroxylation is 1. The van der Waals surface area contributed by atoms with Gasteiger partial charge in [-0.05, 0) is 19.1 Å². The summed E-state index contributed by atoms with van der Waals surface area (Å²) < 4.78 is 31.4. The molecule has 0 saturated carbocycles. The second kappa shape index (κ2) is 5.96. The lowest BCUT2D eigenvalue weighted by molar-refractivity contribution is 0.0617. The second-order valence-corrected chi connectivity index (χ2v) is 7.22. The van der Waals surface area contributed by atoms with Crippen molar-refractivity contribution in [2.24, 2.45) is 0 Å². The molecule has 0 unspecified atom stereocenters. The van der Waals surface area contributed by atoms with Crippen LogP contribution in [0.25, 0.3) is 0 Å². The van der Waals surface area contributed by atoms with Crippen molar-refractivity contribution in [2.45, 2.75) is 30.3 Å². The zero-order chi connectivity index (χ0) is 16.4. The first kappa shape index (κ1) is 16.3. The zero-order valence-electron chi connectivity index (χ0n) is 12.5. The number of cyclic esters (lactones) is 1. The van der Waals surface area contributed by atoms with Crippen LogP contribution in [0.5, 0.6) is 0 Å².